The number of nitrogens with zero attached hydrogens (tertiary/aromatic N) is 1. The molecule has 1 amide bonds. The molecule has 0 aromatic heterocycles. The Morgan fingerprint density at radius 3 is 2.68 bits per heavy atom. The van der Waals surface area contributed by atoms with Crippen LogP contribution in [0.4, 0.5) is 0 Å². The van der Waals surface area contributed by atoms with E-state index in [9.17, 15) is 4.79 Å². The van der Waals surface area contributed by atoms with E-state index in [2.05, 4.69) is 5.32 Å². The highest BCUT2D eigenvalue weighted by molar-refractivity contribution is 6.32. The second-order valence-electron chi connectivity index (χ2n) is 5.67. The van der Waals surface area contributed by atoms with Gasteiger partial charge in [0.2, 0.25) is 5.91 Å². The summed E-state index contributed by atoms with van der Waals surface area (Å²) in [6, 6.07) is 1.98. The van der Waals surface area contributed by atoms with Gasteiger partial charge in [-0.15, -0.1) is 0 Å². The number of carbonyl (C=O) groups is 1. The summed E-state index contributed by atoms with van der Waals surface area (Å²) < 4.78 is 5.74. The van der Waals surface area contributed by atoms with Gasteiger partial charge in [0, 0.05) is 37.6 Å². The molecule has 1 aliphatic rings. The van der Waals surface area contributed by atoms with E-state index in [-0.39, 0.29) is 5.91 Å². The Kier molecular flexibility index (Phi) is 6.09. The van der Waals surface area contributed by atoms with E-state index in [0.717, 1.165) is 53.6 Å². The number of benzene rings is 1. The highest BCUT2D eigenvalue weighted by Gasteiger charge is 2.18. The van der Waals surface area contributed by atoms with E-state index in [4.69, 9.17) is 16.3 Å². The molecule has 2 rings (SSSR count). The molecule has 0 aliphatic carbocycles. The van der Waals surface area contributed by atoms with Gasteiger partial charge in [-0.3, -0.25) is 4.79 Å². The SMILES string of the molecule is CCOc1cc(C)c(Cl)c(C)c1CCC(=O)N1CCNCC1. The third kappa shape index (κ3) is 3.93. The average Bonchev–Trinajstić information content (AvgIpc) is 2.53. The Labute approximate surface area is 137 Å². The molecular weight excluding hydrogens is 300 g/mol. The normalized spacial score (nSPS) is 15.0. The number of ether oxygens (including phenoxy) is 1. The van der Waals surface area contributed by atoms with Gasteiger partial charge in [0.25, 0.3) is 0 Å². The van der Waals surface area contributed by atoms with E-state index in [1.54, 1.807) is 0 Å². The zero-order valence-corrected chi connectivity index (χ0v) is 14.4. The molecule has 0 saturated carbocycles. The topological polar surface area (TPSA) is 41.6 Å². The molecule has 0 radical (unpaired) electrons. The van der Waals surface area contributed by atoms with Crippen LogP contribution in [0.3, 0.4) is 0 Å². The van der Waals surface area contributed by atoms with E-state index in [1.807, 2.05) is 31.7 Å². The maximum Gasteiger partial charge on any atom is 0.222 e. The lowest BCUT2D eigenvalue weighted by molar-refractivity contribution is -0.131. The third-order valence-electron chi connectivity index (χ3n) is 4.13. The van der Waals surface area contributed by atoms with Crippen LogP contribution in [0, 0.1) is 13.8 Å². The van der Waals surface area contributed by atoms with Crippen molar-refractivity contribution in [3.63, 3.8) is 0 Å². The van der Waals surface area contributed by atoms with Crippen LogP contribution in [0.5, 0.6) is 5.75 Å². The Morgan fingerprint density at radius 1 is 1.36 bits per heavy atom. The van der Waals surface area contributed by atoms with Crippen molar-refractivity contribution in [2.75, 3.05) is 32.8 Å². The van der Waals surface area contributed by atoms with Crippen molar-refractivity contribution in [1.29, 1.82) is 0 Å². The molecule has 1 aromatic carbocycles. The second kappa shape index (κ2) is 7.84. The first-order chi connectivity index (χ1) is 10.5. The maximum absolute atomic E-state index is 12.3. The highest BCUT2D eigenvalue weighted by Crippen LogP contribution is 2.32. The molecule has 0 bridgehead atoms. The quantitative estimate of drug-likeness (QED) is 0.905. The number of piperazine rings is 1. The fourth-order valence-corrected chi connectivity index (χ4v) is 3.03. The van der Waals surface area contributed by atoms with Crippen molar-refractivity contribution in [2.45, 2.75) is 33.6 Å². The van der Waals surface area contributed by atoms with Gasteiger partial charge in [-0.05, 0) is 49.9 Å². The lowest BCUT2D eigenvalue weighted by atomic mass is 9.99. The van der Waals surface area contributed by atoms with Gasteiger partial charge in [-0.1, -0.05) is 11.6 Å². The molecule has 0 spiro atoms. The van der Waals surface area contributed by atoms with Crippen LogP contribution in [-0.2, 0) is 11.2 Å². The maximum atomic E-state index is 12.3. The standard InChI is InChI=1S/C17H25ClN2O2/c1-4-22-15-11-12(2)17(18)13(3)14(15)5-6-16(21)20-9-7-19-8-10-20/h11,19H,4-10H2,1-3H3. The van der Waals surface area contributed by atoms with E-state index in [0.29, 0.717) is 19.4 Å². The first-order valence-corrected chi connectivity index (χ1v) is 8.32. The zero-order chi connectivity index (χ0) is 16.1. The van der Waals surface area contributed by atoms with Crippen molar-refractivity contribution in [3.05, 3.63) is 27.8 Å². The summed E-state index contributed by atoms with van der Waals surface area (Å²) in [6.45, 7) is 9.91. The van der Waals surface area contributed by atoms with Crippen molar-refractivity contribution >= 4 is 17.5 Å². The molecule has 1 saturated heterocycles. The van der Waals surface area contributed by atoms with Crippen LogP contribution in [0.1, 0.15) is 30.0 Å². The van der Waals surface area contributed by atoms with Gasteiger partial charge < -0.3 is 15.0 Å². The van der Waals surface area contributed by atoms with Crippen molar-refractivity contribution in [2.24, 2.45) is 0 Å². The predicted octanol–water partition coefficient (Wildman–Crippen LogP) is 2.72. The fraction of sp³-hybridized carbons (Fsp3) is 0.588. The summed E-state index contributed by atoms with van der Waals surface area (Å²) in [5, 5.41) is 4.03. The molecule has 1 aromatic rings. The van der Waals surface area contributed by atoms with E-state index < -0.39 is 0 Å². The minimum absolute atomic E-state index is 0.208. The summed E-state index contributed by atoms with van der Waals surface area (Å²) in [4.78, 5) is 14.3. The summed E-state index contributed by atoms with van der Waals surface area (Å²) in [5.41, 5.74) is 3.10. The Morgan fingerprint density at radius 2 is 2.05 bits per heavy atom. The van der Waals surface area contributed by atoms with Gasteiger partial charge >= 0.3 is 0 Å². The number of hydrogen-bond acceptors (Lipinski definition) is 3. The molecule has 1 heterocycles. The Hall–Kier alpha value is -1.26. The van der Waals surface area contributed by atoms with Crippen LogP contribution >= 0.6 is 11.6 Å². The lowest BCUT2D eigenvalue weighted by Gasteiger charge is -2.27. The third-order valence-corrected chi connectivity index (χ3v) is 4.71. The molecule has 122 valence electrons. The van der Waals surface area contributed by atoms with Crippen LogP contribution in [0.25, 0.3) is 0 Å². The van der Waals surface area contributed by atoms with Crippen LogP contribution in [-0.4, -0.2) is 43.6 Å². The molecule has 0 unspecified atom stereocenters. The highest BCUT2D eigenvalue weighted by atomic mass is 35.5. The average molecular weight is 325 g/mol. The van der Waals surface area contributed by atoms with Crippen molar-refractivity contribution in [3.8, 4) is 5.75 Å². The molecule has 0 atom stereocenters. The number of halogens is 1. The van der Waals surface area contributed by atoms with Gasteiger partial charge in [0.15, 0.2) is 0 Å². The zero-order valence-electron chi connectivity index (χ0n) is 13.7. The second-order valence-corrected chi connectivity index (χ2v) is 6.05. The Bertz CT molecular complexity index is 540. The lowest BCUT2D eigenvalue weighted by Crippen LogP contribution is -2.46. The fourth-order valence-electron chi connectivity index (χ4n) is 2.86. The van der Waals surface area contributed by atoms with Gasteiger partial charge in [0.1, 0.15) is 5.75 Å². The predicted molar refractivity (Wildman–Crippen MR) is 89.9 cm³/mol. The first-order valence-electron chi connectivity index (χ1n) is 7.94. The van der Waals surface area contributed by atoms with Gasteiger partial charge in [0.05, 0.1) is 6.61 Å². The van der Waals surface area contributed by atoms with Crippen molar-refractivity contribution in [1.82, 2.24) is 10.2 Å². The summed E-state index contributed by atoms with van der Waals surface area (Å²) in [6.07, 6.45) is 1.17. The molecule has 22 heavy (non-hydrogen) atoms. The first kappa shape index (κ1) is 17.1. The number of nitrogens with one attached hydrogen (secondary N) is 1. The molecule has 1 aliphatic heterocycles. The minimum Gasteiger partial charge on any atom is -0.494 e. The van der Waals surface area contributed by atoms with Gasteiger partial charge in [-0.25, -0.2) is 0 Å². The smallest absolute Gasteiger partial charge is 0.222 e. The molecule has 5 heteroatoms. The molecular formula is C17H25ClN2O2. The molecule has 4 nitrogen and oxygen atoms in total. The summed E-state index contributed by atoms with van der Waals surface area (Å²) in [5.74, 6) is 1.06. The number of amides is 1. The molecule has 1 fully saturated rings. The molecule has 1 N–H and O–H groups in total. The largest absolute Gasteiger partial charge is 0.494 e. The summed E-state index contributed by atoms with van der Waals surface area (Å²) in [7, 11) is 0. The summed E-state index contributed by atoms with van der Waals surface area (Å²) >= 11 is 6.36. The van der Waals surface area contributed by atoms with Crippen LogP contribution in [0.2, 0.25) is 5.02 Å². The minimum atomic E-state index is 0.208. The number of carbonyl (C=O) groups excluding carboxylic acids is 1. The van der Waals surface area contributed by atoms with Gasteiger partial charge in [-0.2, -0.15) is 0 Å². The van der Waals surface area contributed by atoms with Crippen molar-refractivity contribution < 1.29 is 9.53 Å². The van der Waals surface area contributed by atoms with Crippen LogP contribution < -0.4 is 10.1 Å². The van der Waals surface area contributed by atoms with Crippen LogP contribution in [0.15, 0.2) is 6.07 Å². The number of rotatable bonds is 5. The number of aryl methyl sites for hydroxylation is 1. The number of hydrogen-bond donors (Lipinski definition) is 1. The van der Waals surface area contributed by atoms with E-state index in [1.165, 1.54) is 0 Å². The van der Waals surface area contributed by atoms with E-state index >= 15 is 0 Å². The Balaban J connectivity index is 2.10. The monoisotopic (exact) mass is 324 g/mol.